The lowest BCUT2D eigenvalue weighted by Gasteiger charge is -2.18. The van der Waals surface area contributed by atoms with Gasteiger partial charge in [0.25, 0.3) is 0 Å². The molecule has 2 aromatic rings. The minimum absolute atomic E-state index is 0. The quantitative estimate of drug-likeness (QED) is 0.433. The van der Waals surface area contributed by atoms with Gasteiger partial charge in [-0.3, -0.25) is 0 Å². The van der Waals surface area contributed by atoms with Crippen molar-refractivity contribution in [1.82, 2.24) is 0 Å². The molecule has 0 radical (unpaired) electrons. The molecule has 2 aromatic carbocycles. The van der Waals surface area contributed by atoms with E-state index in [4.69, 9.17) is 0 Å². The fourth-order valence-corrected chi connectivity index (χ4v) is 2.90. The van der Waals surface area contributed by atoms with Crippen LogP contribution in [0, 0.1) is 23.6 Å². The second-order valence-electron chi connectivity index (χ2n) is 9.76. The van der Waals surface area contributed by atoms with E-state index in [1.807, 2.05) is 39.8 Å². The second kappa shape index (κ2) is 10.3. The predicted octanol–water partition coefficient (Wildman–Crippen LogP) is 8.65. The number of hydrogen-bond acceptors (Lipinski definition) is 0. The van der Waals surface area contributed by atoms with Gasteiger partial charge in [0.1, 0.15) is 5.82 Å². The maximum atomic E-state index is 12.9. The van der Waals surface area contributed by atoms with E-state index in [0.29, 0.717) is 6.42 Å². The van der Waals surface area contributed by atoms with Crippen molar-refractivity contribution in [2.24, 2.45) is 10.8 Å². The maximum Gasteiger partial charge on any atom is 0.416 e. The van der Waals surface area contributed by atoms with E-state index in [-0.39, 0.29) is 24.1 Å². The van der Waals surface area contributed by atoms with E-state index < -0.39 is 11.7 Å². The Labute approximate surface area is 174 Å². The molecule has 0 saturated heterocycles. The van der Waals surface area contributed by atoms with Crippen LogP contribution in [-0.2, 0) is 19.0 Å². The molecular formula is C25H36F4. The van der Waals surface area contributed by atoms with Gasteiger partial charge in [0, 0.05) is 0 Å². The summed E-state index contributed by atoms with van der Waals surface area (Å²) in [5, 5.41) is 0. The van der Waals surface area contributed by atoms with Crippen LogP contribution in [0.5, 0.6) is 0 Å². The summed E-state index contributed by atoms with van der Waals surface area (Å²) in [5.74, 6) is -0.113. The van der Waals surface area contributed by atoms with Gasteiger partial charge < -0.3 is 0 Å². The van der Waals surface area contributed by atoms with Crippen LogP contribution in [0.2, 0.25) is 0 Å². The Bertz CT molecular complexity index is 760. The summed E-state index contributed by atoms with van der Waals surface area (Å²) < 4.78 is 50.1. The Hall–Kier alpha value is -1.84. The summed E-state index contributed by atoms with van der Waals surface area (Å²) in [6.07, 6.45) is -2.60. The lowest BCUT2D eigenvalue weighted by atomic mass is 9.88. The van der Waals surface area contributed by atoms with Crippen LogP contribution in [0.3, 0.4) is 0 Å². The van der Waals surface area contributed by atoms with Crippen molar-refractivity contribution in [2.75, 3.05) is 0 Å². The molecule has 2 rings (SSSR count). The molecule has 0 aromatic heterocycles. The smallest absolute Gasteiger partial charge is 0.207 e. The third-order valence-corrected chi connectivity index (χ3v) is 3.95. The zero-order valence-electron chi connectivity index (χ0n) is 18.0. The molecule has 0 amide bonds. The largest absolute Gasteiger partial charge is 0.416 e. The van der Waals surface area contributed by atoms with E-state index in [0.717, 1.165) is 23.6 Å². The van der Waals surface area contributed by atoms with Gasteiger partial charge in [-0.25, -0.2) is 4.39 Å². The fraction of sp³-hybridized carbons (Fsp3) is 0.520. The monoisotopic (exact) mass is 412 g/mol. The van der Waals surface area contributed by atoms with Gasteiger partial charge in [-0.05, 0) is 59.4 Å². The highest BCUT2D eigenvalue weighted by Crippen LogP contribution is 2.31. The Balaban J connectivity index is 0.000000527. The van der Waals surface area contributed by atoms with Gasteiger partial charge in [-0.2, -0.15) is 13.2 Å². The van der Waals surface area contributed by atoms with E-state index in [2.05, 4.69) is 20.8 Å². The molecular weight excluding hydrogens is 376 g/mol. The van der Waals surface area contributed by atoms with Crippen LogP contribution >= 0.6 is 0 Å². The first-order chi connectivity index (χ1) is 12.6. The standard InChI is InChI=1S/C12H15F3.C12H17F.CH4/c1-11(2,3)8-9-5-4-6-10(7-9)12(13,14)15;1-9-7-10(5-6-11(9)13)8-12(2,3)4;/h4-7H,8H2,1-3H3;5-7H,8H2,1-4H3;1H4. The zero-order chi connectivity index (χ0) is 21.8. The fourth-order valence-electron chi connectivity index (χ4n) is 2.90. The van der Waals surface area contributed by atoms with Gasteiger partial charge in [0.15, 0.2) is 0 Å². The number of alkyl halides is 3. The highest BCUT2D eigenvalue weighted by Gasteiger charge is 2.30. The molecule has 0 aliphatic rings. The molecule has 29 heavy (non-hydrogen) atoms. The average Bonchev–Trinajstić information content (AvgIpc) is 2.48. The molecule has 0 aliphatic heterocycles. The summed E-state index contributed by atoms with van der Waals surface area (Å²) in [7, 11) is 0. The normalized spacial score (nSPS) is 12.0. The van der Waals surface area contributed by atoms with E-state index >= 15 is 0 Å². The zero-order valence-corrected chi connectivity index (χ0v) is 18.0. The second-order valence-corrected chi connectivity index (χ2v) is 9.76. The number of aryl methyl sites for hydroxylation is 1. The van der Waals surface area contributed by atoms with E-state index in [1.165, 1.54) is 17.7 Å². The van der Waals surface area contributed by atoms with Gasteiger partial charge in [0.05, 0.1) is 5.56 Å². The highest BCUT2D eigenvalue weighted by atomic mass is 19.4. The molecule has 0 saturated carbocycles. The van der Waals surface area contributed by atoms with Crippen molar-refractivity contribution in [3.05, 3.63) is 70.5 Å². The third kappa shape index (κ3) is 11.1. The molecule has 0 spiro atoms. The summed E-state index contributed by atoms with van der Waals surface area (Å²) in [5.41, 5.74) is 2.39. The first kappa shape index (κ1) is 27.2. The minimum Gasteiger partial charge on any atom is -0.207 e. The molecule has 0 fully saturated rings. The summed E-state index contributed by atoms with van der Waals surface area (Å²) in [6.45, 7) is 14.4. The summed E-state index contributed by atoms with van der Waals surface area (Å²) in [6, 6.07) is 10.9. The predicted molar refractivity (Wildman–Crippen MR) is 116 cm³/mol. The van der Waals surface area contributed by atoms with Crippen molar-refractivity contribution < 1.29 is 17.6 Å². The summed E-state index contributed by atoms with van der Waals surface area (Å²) >= 11 is 0. The lowest BCUT2D eigenvalue weighted by molar-refractivity contribution is -0.137. The molecule has 0 atom stereocenters. The Morgan fingerprint density at radius 3 is 1.62 bits per heavy atom. The average molecular weight is 413 g/mol. The van der Waals surface area contributed by atoms with Crippen LogP contribution in [0.15, 0.2) is 42.5 Å². The molecule has 0 aliphatic carbocycles. The number of rotatable bonds is 2. The Morgan fingerprint density at radius 2 is 1.21 bits per heavy atom. The first-order valence-electron chi connectivity index (χ1n) is 9.48. The van der Waals surface area contributed by atoms with Crippen molar-refractivity contribution in [3.63, 3.8) is 0 Å². The Kier molecular flexibility index (Phi) is 9.62. The van der Waals surface area contributed by atoms with Crippen molar-refractivity contribution in [1.29, 1.82) is 0 Å². The topological polar surface area (TPSA) is 0 Å². The highest BCUT2D eigenvalue weighted by molar-refractivity contribution is 5.26. The van der Waals surface area contributed by atoms with Crippen molar-refractivity contribution in [3.8, 4) is 0 Å². The van der Waals surface area contributed by atoms with Crippen LogP contribution in [0.25, 0.3) is 0 Å². The van der Waals surface area contributed by atoms with Gasteiger partial charge in [-0.1, -0.05) is 79.3 Å². The van der Waals surface area contributed by atoms with Crippen LogP contribution in [0.1, 0.15) is 71.2 Å². The third-order valence-electron chi connectivity index (χ3n) is 3.95. The lowest BCUT2D eigenvalue weighted by Crippen LogP contribution is -2.11. The molecule has 0 bridgehead atoms. The van der Waals surface area contributed by atoms with Gasteiger partial charge in [0.2, 0.25) is 0 Å². The van der Waals surface area contributed by atoms with Crippen LogP contribution in [0.4, 0.5) is 17.6 Å². The molecule has 0 heterocycles. The molecule has 0 unspecified atom stereocenters. The minimum atomic E-state index is -4.24. The van der Waals surface area contributed by atoms with Gasteiger partial charge >= 0.3 is 6.18 Å². The molecule has 164 valence electrons. The SMILES string of the molecule is C.CC(C)(C)Cc1cccc(C(F)(F)F)c1.Cc1cc(CC(C)(C)C)ccc1F. The molecule has 0 N–H and O–H groups in total. The van der Waals surface area contributed by atoms with Crippen LogP contribution < -0.4 is 0 Å². The van der Waals surface area contributed by atoms with Crippen molar-refractivity contribution in [2.45, 2.75) is 74.9 Å². The molecule has 4 heteroatoms. The maximum absolute atomic E-state index is 12.9. The molecule has 0 nitrogen and oxygen atoms in total. The number of halogens is 4. The van der Waals surface area contributed by atoms with Crippen LogP contribution in [-0.4, -0.2) is 0 Å². The number of benzene rings is 2. The van der Waals surface area contributed by atoms with Gasteiger partial charge in [-0.15, -0.1) is 0 Å². The van der Waals surface area contributed by atoms with E-state index in [1.54, 1.807) is 12.1 Å². The Morgan fingerprint density at radius 1 is 0.724 bits per heavy atom. The van der Waals surface area contributed by atoms with E-state index in [9.17, 15) is 17.6 Å². The summed E-state index contributed by atoms with van der Waals surface area (Å²) in [4.78, 5) is 0. The van der Waals surface area contributed by atoms with Crippen molar-refractivity contribution >= 4 is 0 Å². The number of hydrogen-bond donors (Lipinski definition) is 0. The first-order valence-corrected chi connectivity index (χ1v) is 9.48.